The van der Waals surface area contributed by atoms with Crippen molar-refractivity contribution in [1.29, 1.82) is 0 Å². The van der Waals surface area contributed by atoms with Crippen molar-refractivity contribution < 1.29 is 10.2 Å². The molecule has 2 unspecified atom stereocenters. The second-order valence-corrected chi connectivity index (χ2v) is 4.97. The van der Waals surface area contributed by atoms with Crippen LogP contribution in [0.4, 0.5) is 0 Å². The van der Waals surface area contributed by atoms with Gasteiger partial charge in [0.05, 0.1) is 12.2 Å². The van der Waals surface area contributed by atoms with Crippen LogP contribution in [0.1, 0.15) is 65.7 Å². The van der Waals surface area contributed by atoms with Gasteiger partial charge >= 0.3 is 0 Å². The molecule has 0 aliphatic heterocycles. The summed E-state index contributed by atoms with van der Waals surface area (Å²) in [7, 11) is 0. The van der Waals surface area contributed by atoms with Gasteiger partial charge in [-0.1, -0.05) is 52.9 Å². The summed E-state index contributed by atoms with van der Waals surface area (Å²) in [5, 5.41) is 19.3. The Balaban J connectivity index is 3.42. The highest BCUT2D eigenvalue weighted by Gasteiger charge is 2.16. The minimum absolute atomic E-state index is 0.453. The lowest BCUT2D eigenvalue weighted by molar-refractivity contribution is 0.00180. The second kappa shape index (κ2) is 9.17. The second-order valence-electron chi connectivity index (χ2n) is 4.97. The molecule has 0 aliphatic rings. The van der Waals surface area contributed by atoms with Crippen LogP contribution in [0.3, 0.4) is 0 Å². The summed E-state index contributed by atoms with van der Waals surface area (Å²) >= 11 is 0. The first-order valence-electron chi connectivity index (χ1n) is 6.44. The van der Waals surface area contributed by atoms with Crippen LogP contribution in [0.5, 0.6) is 0 Å². The number of unbranched alkanes of at least 4 members (excludes halogenated alkanes) is 4. The molecule has 0 aliphatic carbocycles. The predicted molar refractivity (Wildman–Crippen MR) is 64.8 cm³/mol. The van der Waals surface area contributed by atoms with E-state index in [1.165, 1.54) is 25.7 Å². The SMILES string of the molecule is CCCCCCCC(O)C(O)CC(C)C. The number of rotatable bonds is 9. The fraction of sp³-hybridized carbons (Fsp3) is 1.00. The molecule has 0 bridgehead atoms. The van der Waals surface area contributed by atoms with Crippen molar-refractivity contribution in [1.82, 2.24) is 0 Å². The van der Waals surface area contributed by atoms with Gasteiger partial charge in [-0.25, -0.2) is 0 Å². The molecule has 0 aromatic carbocycles. The molecule has 0 rings (SSSR count). The van der Waals surface area contributed by atoms with Gasteiger partial charge in [0, 0.05) is 0 Å². The predicted octanol–water partition coefficient (Wildman–Crippen LogP) is 3.11. The summed E-state index contributed by atoms with van der Waals surface area (Å²) in [6, 6.07) is 0. The van der Waals surface area contributed by atoms with E-state index in [1.54, 1.807) is 0 Å². The Hall–Kier alpha value is -0.0800. The summed E-state index contributed by atoms with van der Waals surface area (Å²) in [6.07, 6.45) is 6.40. The third-order valence-electron chi connectivity index (χ3n) is 2.76. The largest absolute Gasteiger partial charge is 0.390 e. The molecule has 2 N–H and O–H groups in total. The number of aliphatic hydroxyl groups is 2. The van der Waals surface area contributed by atoms with Crippen molar-refractivity contribution in [3.63, 3.8) is 0 Å². The van der Waals surface area contributed by atoms with Crippen LogP contribution < -0.4 is 0 Å². The molecule has 0 spiro atoms. The Bertz CT molecular complexity index is 134. The van der Waals surface area contributed by atoms with Crippen molar-refractivity contribution in [3.05, 3.63) is 0 Å². The minimum atomic E-state index is -0.531. The van der Waals surface area contributed by atoms with E-state index in [0.29, 0.717) is 12.3 Å². The first kappa shape index (κ1) is 14.9. The fourth-order valence-corrected chi connectivity index (χ4v) is 1.79. The maximum absolute atomic E-state index is 9.67. The van der Waals surface area contributed by atoms with Crippen LogP contribution in [0, 0.1) is 5.92 Å². The van der Waals surface area contributed by atoms with Gasteiger partial charge in [0.15, 0.2) is 0 Å². The van der Waals surface area contributed by atoms with Gasteiger partial charge in [-0.15, -0.1) is 0 Å². The van der Waals surface area contributed by atoms with Gasteiger partial charge in [0.25, 0.3) is 0 Å². The highest BCUT2D eigenvalue weighted by atomic mass is 16.3. The molecule has 2 nitrogen and oxygen atoms in total. The standard InChI is InChI=1S/C13H28O2/c1-4-5-6-7-8-9-12(14)13(15)10-11(2)3/h11-15H,4-10H2,1-3H3. The van der Waals surface area contributed by atoms with E-state index in [2.05, 4.69) is 20.8 Å². The summed E-state index contributed by atoms with van der Waals surface area (Å²) in [5.41, 5.74) is 0. The average molecular weight is 216 g/mol. The molecule has 0 saturated carbocycles. The third kappa shape index (κ3) is 8.88. The van der Waals surface area contributed by atoms with Crippen LogP contribution in [0.25, 0.3) is 0 Å². The quantitative estimate of drug-likeness (QED) is 0.581. The van der Waals surface area contributed by atoms with Crippen molar-refractivity contribution in [2.24, 2.45) is 5.92 Å². The first-order chi connectivity index (χ1) is 7.07. The van der Waals surface area contributed by atoms with E-state index in [9.17, 15) is 10.2 Å². The maximum atomic E-state index is 9.67. The van der Waals surface area contributed by atoms with Gasteiger partial charge in [0.2, 0.25) is 0 Å². The first-order valence-corrected chi connectivity index (χ1v) is 6.44. The summed E-state index contributed by atoms with van der Waals surface area (Å²) < 4.78 is 0. The van der Waals surface area contributed by atoms with E-state index in [4.69, 9.17) is 0 Å². The van der Waals surface area contributed by atoms with Gasteiger partial charge < -0.3 is 10.2 Å². The molecular formula is C13H28O2. The smallest absolute Gasteiger partial charge is 0.0801 e. The molecule has 2 atom stereocenters. The molecule has 0 fully saturated rings. The highest BCUT2D eigenvalue weighted by Crippen LogP contribution is 2.14. The van der Waals surface area contributed by atoms with Gasteiger partial charge in [0.1, 0.15) is 0 Å². The Labute approximate surface area is 94.7 Å². The molecule has 0 aromatic heterocycles. The van der Waals surface area contributed by atoms with E-state index in [0.717, 1.165) is 12.8 Å². The maximum Gasteiger partial charge on any atom is 0.0801 e. The molecule has 92 valence electrons. The normalized spacial score (nSPS) is 15.6. The lowest BCUT2D eigenvalue weighted by Gasteiger charge is -2.19. The summed E-state index contributed by atoms with van der Waals surface area (Å²) in [6.45, 7) is 6.33. The van der Waals surface area contributed by atoms with Crippen LogP contribution in [-0.2, 0) is 0 Å². The molecule has 0 saturated heterocycles. The molecule has 0 amide bonds. The van der Waals surface area contributed by atoms with Crippen LogP contribution in [-0.4, -0.2) is 22.4 Å². The van der Waals surface area contributed by atoms with E-state index < -0.39 is 12.2 Å². The number of aliphatic hydroxyl groups excluding tert-OH is 2. The van der Waals surface area contributed by atoms with Crippen molar-refractivity contribution in [3.8, 4) is 0 Å². The van der Waals surface area contributed by atoms with Crippen molar-refractivity contribution in [2.75, 3.05) is 0 Å². The van der Waals surface area contributed by atoms with Gasteiger partial charge in [-0.2, -0.15) is 0 Å². The Kier molecular flexibility index (Phi) is 9.12. The lowest BCUT2D eigenvalue weighted by Crippen LogP contribution is -2.27. The van der Waals surface area contributed by atoms with Crippen LogP contribution in [0.2, 0.25) is 0 Å². The van der Waals surface area contributed by atoms with E-state index >= 15 is 0 Å². The Morgan fingerprint density at radius 3 is 2.00 bits per heavy atom. The molecule has 0 aromatic rings. The molecular weight excluding hydrogens is 188 g/mol. The molecule has 0 radical (unpaired) electrons. The summed E-state index contributed by atoms with van der Waals surface area (Å²) in [4.78, 5) is 0. The number of hydrogen-bond donors (Lipinski definition) is 2. The van der Waals surface area contributed by atoms with Crippen LogP contribution in [0.15, 0.2) is 0 Å². The summed E-state index contributed by atoms with van der Waals surface area (Å²) in [5.74, 6) is 0.453. The minimum Gasteiger partial charge on any atom is -0.390 e. The zero-order valence-electron chi connectivity index (χ0n) is 10.6. The zero-order chi connectivity index (χ0) is 11.7. The van der Waals surface area contributed by atoms with Crippen molar-refractivity contribution >= 4 is 0 Å². The lowest BCUT2D eigenvalue weighted by atomic mass is 9.98. The molecule has 0 heterocycles. The highest BCUT2D eigenvalue weighted by molar-refractivity contribution is 4.68. The van der Waals surface area contributed by atoms with E-state index in [1.807, 2.05) is 0 Å². The zero-order valence-corrected chi connectivity index (χ0v) is 10.6. The van der Waals surface area contributed by atoms with Gasteiger partial charge in [-0.3, -0.25) is 0 Å². The Morgan fingerprint density at radius 2 is 1.47 bits per heavy atom. The third-order valence-corrected chi connectivity index (χ3v) is 2.76. The van der Waals surface area contributed by atoms with Gasteiger partial charge in [-0.05, 0) is 18.8 Å². The number of hydrogen-bond acceptors (Lipinski definition) is 2. The monoisotopic (exact) mass is 216 g/mol. The fourth-order valence-electron chi connectivity index (χ4n) is 1.79. The Morgan fingerprint density at radius 1 is 0.867 bits per heavy atom. The topological polar surface area (TPSA) is 40.5 Å². The van der Waals surface area contributed by atoms with E-state index in [-0.39, 0.29) is 0 Å². The van der Waals surface area contributed by atoms with Crippen molar-refractivity contribution in [2.45, 2.75) is 77.9 Å². The van der Waals surface area contributed by atoms with Crippen LogP contribution >= 0.6 is 0 Å². The average Bonchev–Trinajstić information content (AvgIpc) is 2.16. The molecule has 2 heteroatoms. The molecule has 15 heavy (non-hydrogen) atoms.